The van der Waals surface area contributed by atoms with Gasteiger partial charge in [-0.15, -0.1) is 0 Å². The summed E-state index contributed by atoms with van der Waals surface area (Å²) in [5, 5.41) is 0. The van der Waals surface area contributed by atoms with E-state index in [9.17, 15) is 0 Å². The Hall–Kier alpha value is -1.96. The van der Waals surface area contributed by atoms with Crippen LogP contribution in [0, 0.1) is 6.92 Å². The molecule has 1 atom stereocenters. The molecular weight excluding hydrogens is 272 g/mol. The Balaban J connectivity index is 1.49. The Kier molecular flexibility index (Phi) is 3.53. The van der Waals surface area contributed by atoms with Crippen molar-refractivity contribution in [2.24, 2.45) is 0 Å². The van der Waals surface area contributed by atoms with Crippen molar-refractivity contribution in [2.45, 2.75) is 45.1 Å². The summed E-state index contributed by atoms with van der Waals surface area (Å²) in [6.45, 7) is 3.00. The lowest BCUT2D eigenvalue weighted by Crippen LogP contribution is -2.25. The zero-order chi connectivity index (χ0) is 14.9. The van der Waals surface area contributed by atoms with E-state index in [2.05, 4.69) is 43.3 Å². The van der Waals surface area contributed by atoms with Crippen LogP contribution in [0.15, 0.2) is 36.4 Å². The van der Waals surface area contributed by atoms with E-state index in [1.165, 1.54) is 22.3 Å². The monoisotopic (exact) mass is 294 g/mol. The molecule has 2 nitrogen and oxygen atoms in total. The minimum Gasteiger partial charge on any atom is -0.493 e. The van der Waals surface area contributed by atoms with Crippen LogP contribution in [0.2, 0.25) is 0 Å². The van der Waals surface area contributed by atoms with Crippen molar-refractivity contribution in [1.29, 1.82) is 0 Å². The molecule has 114 valence electrons. The van der Waals surface area contributed by atoms with Gasteiger partial charge in [-0.3, -0.25) is 0 Å². The van der Waals surface area contributed by atoms with Gasteiger partial charge in [-0.2, -0.15) is 0 Å². The summed E-state index contributed by atoms with van der Waals surface area (Å²) in [4.78, 5) is 0. The highest BCUT2D eigenvalue weighted by Crippen LogP contribution is 2.31. The molecule has 0 saturated heterocycles. The highest BCUT2D eigenvalue weighted by Gasteiger charge is 2.21. The van der Waals surface area contributed by atoms with Crippen LogP contribution in [-0.2, 0) is 19.3 Å². The average molecular weight is 294 g/mol. The minimum atomic E-state index is 0.290. The van der Waals surface area contributed by atoms with E-state index in [-0.39, 0.29) is 6.10 Å². The summed E-state index contributed by atoms with van der Waals surface area (Å²) in [5.41, 5.74) is 5.39. The molecule has 0 fully saturated rings. The Morgan fingerprint density at radius 1 is 1.00 bits per heavy atom. The average Bonchev–Trinajstić information content (AvgIpc) is 2.55. The van der Waals surface area contributed by atoms with Crippen molar-refractivity contribution >= 4 is 0 Å². The first-order chi connectivity index (χ1) is 10.8. The molecule has 0 radical (unpaired) electrons. The van der Waals surface area contributed by atoms with Crippen LogP contribution in [0.5, 0.6) is 11.5 Å². The Bertz CT molecular complexity index is 690. The van der Waals surface area contributed by atoms with Gasteiger partial charge in [0.2, 0.25) is 0 Å². The lowest BCUT2D eigenvalue weighted by Gasteiger charge is -2.27. The maximum Gasteiger partial charge on any atom is 0.122 e. The molecule has 4 rings (SSSR count). The molecular formula is C20H22O2. The second kappa shape index (κ2) is 5.68. The number of rotatable bonds is 2. The van der Waals surface area contributed by atoms with Gasteiger partial charge in [-0.1, -0.05) is 29.8 Å². The molecule has 2 aliphatic rings. The number of benzene rings is 2. The van der Waals surface area contributed by atoms with Gasteiger partial charge in [0, 0.05) is 6.42 Å². The summed E-state index contributed by atoms with van der Waals surface area (Å²) in [5.74, 6) is 2.14. The van der Waals surface area contributed by atoms with E-state index in [1.807, 2.05) is 0 Å². The maximum absolute atomic E-state index is 6.20. The first-order valence-corrected chi connectivity index (χ1v) is 8.29. The third-order valence-corrected chi connectivity index (χ3v) is 4.68. The maximum atomic E-state index is 6.20. The molecule has 0 bridgehead atoms. The fraction of sp³-hybridized carbons (Fsp3) is 0.400. The molecule has 2 aliphatic heterocycles. The van der Waals surface area contributed by atoms with E-state index in [4.69, 9.17) is 9.47 Å². The van der Waals surface area contributed by atoms with Gasteiger partial charge < -0.3 is 9.47 Å². The molecule has 22 heavy (non-hydrogen) atoms. The largest absolute Gasteiger partial charge is 0.493 e. The van der Waals surface area contributed by atoms with Crippen molar-refractivity contribution in [2.75, 3.05) is 6.61 Å². The Labute approximate surface area is 132 Å². The number of ether oxygens (including phenoxy) is 2. The Morgan fingerprint density at radius 3 is 2.82 bits per heavy atom. The quantitative estimate of drug-likeness (QED) is 0.824. The third kappa shape index (κ3) is 2.70. The van der Waals surface area contributed by atoms with Crippen molar-refractivity contribution < 1.29 is 9.47 Å². The van der Waals surface area contributed by atoms with E-state index in [1.54, 1.807) is 0 Å². The fourth-order valence-corrected chi connectivity index (χ4v) is 3.52. The first-order valence-electron chi connectivity index (χ1n) is 8.29. The molecule has 2 aromatic rings. The summed E-state index contributed by atoms with van der Waals surface area (Å²) >= 11 is 0. The van der Waals surface area contributed by atoms with Crippen LogP contribution in [0.4, 0.5) is 0 Å². The minimum absolute atomic E-state index is 0.290. The van der Waals surface area contributed by atoms with Gasteiger partial charge in [0.05, 0.1) is 6.61 Å². The standard InChI is InChI=1S/C20H22O2/c1-14-4-8-20-17(11-14)6-7-18(22-20)13-15-5-9-19-16(12-15)3-2-10-21-19/h4-5,8-9,11-12,18H,2-3,6-7,10,13H2,1H3. The molecule has 0 spiro atoms. The number of aryl methyl sites for hydroxylation is 3. The smallest absolute Gasteiger partial charge is 0.122 e. The second-order valence-electron chi connectivity index (χ2n) is 6.49. The molecule has 0 amide bonds. The molecule has 0 aliphatic carbocycles. The first kappa shape index (κ1) is 13.7. The van der Waals surface area contributed by atoms with E-state index >= 15 is 0 Å². The zero-order valence-corrected chi connectivity index (χ0v) is 13.1. The molecule has 0 saturated carbocycles. The van der Waals surface area contributed by atoms with E-state index < -0.39 is 0 Å². The van der Waals surface area contributed by atoms with Gasteiger partial charge in [-0.25, -0.2) is 0 Å². The van der Waals surface area contributed by atoms with Crippen LogP contribution in [-0.4, -0.2) is 12.7 Å². The summed E-state index contributed by atoms with van der Waals surface area (Å²) in [7, 11) is 0. The highest BCUT2D eigenvalue weighted by atomic mass is 16.5. The van der Waals surface area contributed by atoms with E-state index in [0.29, 0.717) is 0 Å². The second-order valence-corrected chi connectivity index (χ2v) is 6.49. The van der Waals surface area contributed by atoms with Gasteiger partial charge in [-0.05, 0) is 61.4 Å². The lowest BCUT2D eigenvalue weighted by molar-refractivity contribution is 0.173. The summed E-state index contributed by atoms with van der Waals surface area (Å²) in [6.07, 6.45) is 5.76. The molecule has 2 aromatic carbocycles. The van der Waals surface area contributed by atoms with Crippen LogP contribution in [0.3, 0.4) is 0 Å². The number of fused-ring (bicyclic) bond motifs is 2. The molecule has 0 N–H and O–H groups in total. The van der Waals surface area contributed by atoms with Crippen molar-refractivity contribution in [3.05, 3.63) is 58.7 Å². The predicted octanol–water partition coefficient (Wildman–Crippen LogP) is 4.26. The van der Waals surface area contributed by atoms with Gasteiger partial charge in [0.1, 0.15) is 17.6 Å². The van der Waals surface area contributed by atoms with Crippen molar-refractivity contribution in [3.63, 3.8) is 0 Å². The molecule has 0 aromatic heterocycles. The van der Waals surface area contributed by atoms with Crippen molar-refractivity contribution in [3.8, 4) is 11.5 Å². The SMILES string of the molecule is Cc1ccc2c(c1)CCC(Cc1ccc3c(c1)CCCO3)O2. The topological polar surface area (TPSA) is 18.5 Å². The predicted molar refractivity (Wildman–Crippen MR) is 87.9 cm³/mol. The van der Waals surface area contributed by atoms with Crippen LogP contribution in [0.25, 0.3) is 0 Å². The lowest BCUT2D eigenvalue weighted by atomic mass is 9.95. The third-order valence-electron chi connectivity index (χ3n) is 4.68. The number of hydrogen-bond donors (Lipinski definition) is 0. The van der Waals surface area contributed by atoms with Crippen LogP contribution in [0.1, 0.15) is 35.1 Å². The Morgan fingerprint density at radius 2 is 1.86 bits per heavy atom. The fourth-order valence-electron chi connectivity index (χ4n) is 3.52. The summed E-state index contributed by atoms with van der Waals surface area (Å²) in [6, 6.07) is 13.1. The highest BCUT2D eigenvalue weighted by molar-refractivity contribution is 5.40. The molecule has 2 heterocycles. The summed E-state index contributed by atoms with van der Waals surface area (Å²) < 4.78 is 11.9. The normalized spacial score (nSPS) is 19.6. The van der Waals surface area contributed by atoms with Crippen molar-refractivity contribution in [1.82, 2.24) is 0 Å². The number of hydrogen-bond acceptors (Lipinski definition) is 2. The van der Waals surface area contributed by atoms with E-state index in [0.717, 1.165) is 50.2 Å². The zero-order valence-electron chi connectivity index (χ0n) is 13.1. The van der Waals surface area contributed by atoms with Gasteiger partial charge in [0.15, 0.2) is 0 Å². The molecule has 2 heteroatoms. The van der Waals surface area contributed by atoms with Gasteiger partial charge in [0.25, 0.3) is 0 Å². The van der Waals surface area contributed by atoms with Crippen LogP contribution >= 0.6 is 0 Å². The molecule has 1 unspecified atom stereocenters. The van der Waals surface area contributed by atoms with Gasteiger partial charge >= 0.3 is 0 Å². The van der Waals surface area contributed by atoms with Crippen LogP contribution < -0.4 is 9.47 Å².